The van der Waals surface area contributed by atoms with E-state index in [9.17, 15) is 9.59 Å². The van der Waals surface area contributed by atoms with E-state index >= 15 is 0 Å². The Bertz CT molecular complexity index is 446. The SMILES string of the molecule is COC(=O)C1CNCC(C)C12CCN(C(=O)OC(C)(C)C)C2. The fourth-order valence-electron chi connectivity index (χ4n) is 3.68. The van der Waals surface area contributed by atoms with E-state index in [2.05, 4.69) is 12.2 Å². The number of nitrogens with zero attached hydrogens (tertiary/aromatic N) is 1. The second-order valence-corrected chi connectivity index (χ2v) is 7.52. The van der Waals surface area contributed by atoms with Gasteiger partial charge in [-0.05, 0) is 39.7 Å². The highest BCUT2D eigenvalue weighted by atomic mass is 16.6. The minimum absolute atomic E-state index is 0.190. The molecule has 6 nitrogen and oxygen atoms in total. The third-order valence-corrected chi connectivity index (χ3v) is 4.94. The van der Waals surface area contributed by atoms with Crippen molar-refractivity contribution >= 4 is 12.1 Å². The van der Waals surface area contributed by atoms with Crippen LogP contribution < -0.4 is 5.32 Å². The molecule has 22 heavy (non-hydrogen) atoms. The molecule has 2 aliphatic rings. The monoisotopic (exact) mass is 312 g/mol. The first-order valence-electron chi connectivity index (χ1n) is 7.96. The first-order valence-corrected chi connectivity index (χ1v) is 7.96. The zero-order chi connectivity index (χ0) is 16.5. The molecule has 2 rings (SSSR count). The van der Waals surface area contributed by atoms with Gasteiger partial charge in [0.1, 0.15) is 5.60 Å². The summed E-state index contributed by atoms with van der Waals surface area (Å²) in [5, 5.41) is 3.30. The molecule has 0 saturated carbocycles. The molecule has 1 spiro atoms. The van der Waals surface area contributed by atoms with Crippen LogP contribution in [0.5, 0.6) is 0 Å². The number of carbonyl (C=O) groups is 2. The molecular formula is C16H28N2O4. The van der Waals surface area contributed by atoms with Gasteiger partial charge in [0.25, 0.3) is 0 Å². The average Bonchev–Trinajstić information content (AvgIpc) is 2.85. The van der Waals surface area contributed by atoms with E-state index in [0.29, 0.717) is 25.6 Å². The summed E-state index contributed by atoms with van der Waals surface area (Å²) in [7, 11) is 1.43. The van der Waals surface area contributed by atoms with Crippen LogP contribution in [0.1, 0.15) is 34.1 Å². The fourth-order valence-corrected chi connectivity index (χ4v) is 3.68. The van der Waals surface area contributed by atoms with E-state index in [1.807, 2.05) is 20.8 Å². The molecule has 1 amide bonds. The van der Waals surface area contributed by atoms with Crippen LogP contribution in [-0.2, 0) is 14.3 Å². The van der Waals surface area contributed by atoms with Crippen molar-refractivity contribution in [2.45, 2.75) is 39.7 Å². The van der Waals surface area contributed by atoms with Gasteiger partial charge < -0.3 is 19.7 Å². The molecular weight excluding hydrogens is 284 g/mol. The summed E-state index contributed by atoms with van der Waals surface area (Å²) in [6.07, 6.45) is 0.521. The van der Waals surface area contributed by atoms with Crippen molar-refractivity contribution < 1.29 is 19.1 Å². The number of piperidine rings is 1. The summed E-state index contributed by atoms with van der Waals surface area (Å²) < 4.78 is 10.5. The Labute approximate surface area is 132 Å². The third kappa shape index (κ3) is 3.21. The van der Waals surface area contributed by atoms with E-state index in [-0.39, 0.29) is 23.4 Å². The van der Waals surface area contributed by atoms with Crippen molar-refractivity contribution in [3.05, 3.63) is 0 Å². The quantitative estimate of drug-likeness (QED) is 0.746. The van der Waals surface area contributed by atoms with Crippen LogP contribution in [0.15, 0.2) is 0 Å². The molecule has 6 heteroatoms. The van der Waals surface area contributed by atoms with Gasteiger partial charge in [-0.25, -0.2) is 4.79 Å². The molecule has 126 valence electrons. The minimum Gasteiger partial charge on any atom is -0.469 e. The summed E-state index contributed by atoms with van der Waals surface area (Å²) >= 11 is 0. The molecule has 0 aromatic rings. The maximum Gasteiger partial charge on any atom is 0.410 e. The van der Waals surface area contributed by atoms with Crippen LogP contribution in [-0.4, -0.2) is 55.9 Å². The summed E-state index contributed by atoms with van der Waals surface area (Å²) in [5.74, 6) is -0.100. The largest absolute Gasteiger partial charge is 0.469 e. The zero-order valence-corrected chi connectivity index (χ0v) is 14.3. The molecule has 2 fully saturated rings. The van der Waals surface area contributed by atoms with Gasteiger partial charge in [-0.1, -0.05) is 6.92 Å². The number of amides is 1. The van der Waals surface area contributed by atoms with Gasteiger partial charge in [0.2, 0.25) is 0 Å². The molecule has 1 N–H and O–H groups in total. The van der Waals surface area contributed by atoms with Gasteiger partial charge in [-0.3, -0.25) is 4.79 Å². The van der Waals surface area contributed by atoms with Crippen LogP contribution in [0.25, 0.3) is 0 Å². The highest BCUT2D eigenvalue weighted by molar-refractivity contribution is 5.75. The number of esters is 1. The Morgan fingerprint density at radius 1 is 1.27 bits per heavy atom. The highest BCUT2D eigenvalue weighted by Gasteiger charge is 2.54. The number of rotatable bonds is 1. The van der Waals surface area contributed by atoms with E-state index in [0.717, 1.165) is 13.0 Å². The standard InChI is InChI=1S/C16H28N2O4/c1-11-8-17-9-12(13(19)21-5)16(11)6-7-18(10-16)14(20)22-15(2,3)4/h11-12,17H,6-10H2,1-5H3. The highest BCUT2D eigenvalue weighted by Crippen LogP contribution is 2.46. The second kappa shape index (κ2) is 6.07. The second-order valence-electron chi connectivity index (χ2n) is 7.52. The van der Waals surface area contributed by atoms with Gasteiger partial charge >= 0.3 is 12.1 Å². The fraction of sp³-hybridized carbons (Fsp3) is 0.875. The number of ether oxygens (including phenoxy) is 2. The summed E-state index contributed by atoms with van der Waals surface area (Å²) in [5.41, 5.74) is -0.719. The summed E-state index contributed by atoms with van der Waals surface area (Å²) in [6.45, 7) is 10.4. The number of hydrogen-bond acceptors (Lipinski definition) is 5. The van der Waals surface area contributed by atoms with Crippen LogP contribution in [0.3, 0.4) is 0 Å². The topological polar surface area (TPSA) is 67.9 Å². The van der Waals surface area contributed by atoms with E-state index < -0.39 is 5.60 Å². The van der Waals surface area contributed by atoms with Crippen molar-refractivity contribution in [3.63, 3.8) is 0 Å². The lowest BCUT2D eigenvalue weighted by Gasteiger charge is -2.44. The minimum atomic E-state index is -0.506. The van der Waals surface area contributed by atoms with Crippen molar-refractivity contribution in [2.75, 3.05) is 33.3 Å². The predicted octanol–water partition coefficient (Wildman–Crippen LogP) is 1.64. The van der Waals surface area contributed by atoms with Gasteiger partial charge in [0.15, 0.2) is 0 Å². The Kier molecular flexibility index (Phi) is 4.70. The lowest BCUT2D eigenvalue weighted by Crippen LogP contribution is -2.55. The maximum absolute atomic E-state index is 12.3. The molecule has 2 heterocycles. The Morgan fingerprint density at radius 2 is 1.95 bits per heavy atom. The van der Waals surface area contributed by atoms with Gasteiger partial charge in [-0.2, -0.15) is 0 Å². The van der Waals surface area contributed by atoms with Crippen molar-refractivity contribution in [1.29, 1.82) is 0 Å². The lowest BCUT2D eigenvalue weighted by molar-refractivity contribution is -0.153. The van der Waals surface area contributed by atoms with E-state index in [4.69, 9.17) is 9.47 Å². The van der Waals surface area contributed by atoms with Crippen molar-refractivity contribution in [2.24, 2.45) is 17.3 Å². The Balaban J connectivity index is 2.15. The summed E-state index contributed by atoms with van der Waals surface area (Å²) in [4.78, 5) is 26.2. The number of likely N-dealkylation sites (tertiary alicyclic amines) is 1. The average molecular weight is 312 g/mol. The number of carbonyl (C=O) groups excluding carboxylic acids is 2. The maximum atomic E-state index is 12.3. The van der Waals surface area contributed by atoms with Gasteiger partial charge in [0, 0.05) is 25.0 Å². The number of methoxy groups -OCH3 is 1. The zero-order valence-electron chi connectivity index (χ0n) is 14.3. The van der Waals surface area contributed by atoms with Crippen molar-refractivity contribution in [1.82, 2.24) is 10.2 Å². The molecule has 3 atom stereocenters. The van der Waals surface area contributed by atoms with Gasteiger partial charge in [0.05, 0.1) is 13.0 Å². The molecule has 0 aromatic carbocycles. The molecule has 0 bridgehead atoms. The Hall–Kier alpha value is -1.30. The van der Waals surface area contributed by atoms with E-state index in [1.54, 1.807) is 4.90 Å². The van der Waals surface area contributed by atoms with Crippen LogP contribution in [0.4, 0.5) is 4.79 Å². The number of hydrogen-bond donors (Lipinski definition) is 1. The molecule has 0 aliphatic carbocycles. The van der Waals surface area contributed by atoms with Crippen molar-refractivity contribution in [3.8, 4) is 0 Å². The third-order valence-electron chi connectivity index (χ3n) is 4.94. The normalized spacial score (nSPS) is 32.1. The molecule has 3 unspecified atom stereocenters. The van der Waals surface area contributed by atoms with Crippen LogP contribution >= 0.6 is 0 Å². The summed E-state index contributed by atoms with van der Waals surface area (Å²) in [6, 6.07) is 0. The van der Waals surface area contributed by atoms with Crippen LogP contribution in [0, 0.1) is 17.3 Å². The lowest BCUT2D eigenvalue weighted by atomic mass is 9.64. The van der Waals surface area contributed by atoms with E-state index in [1.165, 1.54) is 7.11 Å². The first kappa shape index (κ1) is 17.1. The molecule has 2 aliphatic heterocycles. The molecule has 0 radical (unpaired) electrons. The first-order chi connectivity index (χ1) is 10.2. The smallest absolute Gasteiger partial charge is 0.410 e. The predicted molar refractivity (Wildman–Crippen MR) is 82.4 cm³/mol. The molecule has 2 saturated heterocycles. The Morgan fingerprint density at radius 3 is 2.55 bits per heavy atom. The van der Waals surface area contributed by atoms with Crippen LogP contribution in [0.2, 0.25) is 0 Å². The molecule has 0 aromatic heterocycles. The number of nitrogens with one attached hydrogen (secondary N) is 1. The van der Waals surface area contributed by atoms with Gasteiger partial charge in [-0.15, -0.1) is 0 Å².